The van der Waals surface area contributed by atoms with Crippen molar-refractivity contribution in [2.75, 3.05) is 10.7 Å². The zero-order valence-corrected chi connectivity index (χ0v) is 9.61. The second-order valence-corrected chi connectivity index (χ2v) is 4.77. The number of imidazole rings is 1. The fourth-order valence-electron chi connectivity index (χ4n) is 1.29. The minimum absolute atomic E-state index is 0.0407. The predicted octanol–water partition coefficient (Wildman–Crippen LogP) is -2.49. The van der Waals surface area contributed by atoms with Gasteiger partial charge in [-0.25, -0.2) is 0 Å². The third kappa shape index (κ3) is 1.27. The molecule has 0 aliphatic carbocycles. The van der Waals surface area contributed by atoms with Gasteiger partial charge in [0.25, 0.3) is 0 Å². The summed E-state index contributed by atoms with van der Waals surface area (Å²) in [4.78, 5) is 10.7. The van der Waals surface area contributed by atoms with E-state index in [0.29, 0.717) is 5.82 Å². The Morgan fingerprint density at radius 1 is 1.54 bits per heavy atom. The third-order valence-corrected chi connectivity index (χ3v) is 3.67. The molecule has 0 unspecified atom stereocenters. The first-order valence-corrected chi connectivity index (χ1v) is 7.06. The van der Waals surface area contributed by atoms with Crippen molar-refractivity contribution in [1.29, 1.82) is 0 Å². The molecule has 0 bridgehead atoms. The van der Waals surface area contributed by atoms with E-state index in [9.17, 15) is 0 Å². The Bertz CT molecular complexity index is 449. The van der Waals surface area contributed by atoms with Crippen LogP contribution in [0.25, 0.3) is 5.52 Å². The van der Waals surface area contributed by atoms with Gasteiger partial charge in [0, 0.05) is 0 Å². The summed E-state index contributed by atoms with van der Waals surface area (Å²) in [6, 6.07) is 0. The number of rotatable bonds is 1. The van der Waals surface area contributed by atoms with Gasteiger partial charge < -0.3 is 0 Å². The Balaban J connectivity index is 2.89. The average molecular weight is 289 g/mol. The van der Waals surface area contributed by atoms with Crippen LogP contribution < -0.4 is 26.9 Å². The number of hydrogen-bond acceptors (Lipinski definition) is 3. The molecule has 70 valence electrons. The Morgan fingerprint density at radius 3 is 3.00 bits per heavy atom. The number of fused-ring (bicyclic) bond motifs is 1. The van der Waals surface area contributed by atoms with Crippen molar-refractivity contribution in [3.8, 4) is 0 Å². The second-order valence-electron chi connectivity index (χ2n) is 2.67. The van der Waals surface area contributed by atoms with Gasteiger partial charge in [-0.1, -0.05) is 0 Å². The Labute approximate surface area is 86.4 Å². The third-order valence-electron chi connectivity index (χ3n) is 1.90. The number of nitrogen functional groups attached to an aromatic ring is 1. The molecule has 2 rings (SSSR count). The summed E-state index contributed by atoms with van der Waals surface area (Å²) in [6.07, 6.45) is 3.60. The zero-order valence-electron chi connectivity index (χ0n) is 7.45. The SMILES string of the molecule is C[I-]c1nc(C)n2ccnc(N)c12. The summed E-state index contributed by atoms with van der Waals surface area (Å²) >= 11 is -0.0407. The van der Waals surface area contributed by atoms with Gasteiger partial charge in [-0.3, -0.25) is 0 Å². The number of alkyl halides is 1. The van der Waals surface area contributed by atoms with Crippen LogP contribution in [0.15, 0.2) is 12.4 Å². The van der Waals surface area contributed by atoms with Crippen LogP contribution in [0.3, 0.4) is 0 Å². The minimum atomic E-state index is -0.0407. The molecule has 2 N–H and O–H groups in total. The van der Waals surface area contributed by atoms with E-state index in [1.54, 1.807) is 6.20 Å². The Hall–Kier alpha value is -0.850. The van der Waals surface area contributed by atoms with Crippen molar-refractivity contribution in [3.63, 3.8) is 0 Å². The Morgan fingerprint density at radius 2 is 2.31 bits per heavy atom. The number of nitrogens with zero attached hydrogens (tertiary/aromatic N) is 3. The van der Waals surface area contributed by atoms with Crippen molar-refractivity contribution in [2.24, 2.45) is 0 Å². The molecule has 0 saturated heterocycles. The van der Waals surface area contributed by atoms with E-state index < -0.39 is 0 Å². The Kier molecular flexibility index (Phi) is 2.10. The number of anilines is 1. The van der Waals surface area contributed by atoms with Gasteiger partial charge in [-0.15, -0.1) is 0 Å². The first-order chi connectivity index (χ1) is 6.24. The fourth-order valence-corrected chi connectivity index (χ4v) is 2.93. The summed E-state index contributed by atoms with van der Waals surface area (Å²) in [5.41, 5.74) is 6.79. The number of nitrogens with two attached hydrogens (primary N) is 1. The molecule has 0 saturated carbocycles. The van der Waals surface area contributed by atoms with E-state index >= 15 is 0 Å². The van der Waals surface area contributed by atoms with Gasteiger partial charge >= 0.3 is 86.4 Å². The summed E-state index contributed by atoms with van der Waals surface area (Å²) in [5, 5.41) is 0. The number of aromatic nitrogens is 3. The molecule has 2 heterocycles. The number of hydrogen-bond donors (Lipinski definition) is 1. The van der Waals surface area contributed by atoms with Gasteiger partial charge in [0.2, 0.25) is 0 Å². The standard InChI is InChI=1S/C8H10IN4/c1-5-12-7(9-2)6-8(10)11-3-4-13(5)6/h3-4H,1-2H3,(H2,10,11)/q-1. The van der Waals surface area contributed by atoms with Crippen molar-refractivity contribution in [3.05, 3.63) is 21.9 Å². The van der Waals surface area contributed by atoms with Crippen LogP contribution in [0.4, 0.5) is 5.82 Å². The van der Waals surface area contributed by atoms with E-state index in [2.05, 4.69) is 14.9 Å². The normalized spacial score (nSPS) is 11.2. The maximum atomic E-state index is 5.79. The topological polar surface area (TPSA) is 56.2 Å². The number of halogens is 1. The molecule has 2 aromatic rings. The van der Waals surface area contributed by atoms with E-state index in [-0.39, 0.29) is 21.2 Å². The van der Waals surface area contributed by atoms with Crippen molar-refractivity contribution >= 4 is 11.3 Å². The van der Waals surface area contributed by atoms with Crippen LogP contribution in [0.1, 0.15) is 5.82 Å². The predicted molar refractivity (Wildman–Crippen MR) is 46.8 cm³/mol. The molecule has 0 amide bonds. The maximum absolute atomic E-state index is 5.79. The van der Waals surface area contributed by atoms with E-state index in [1.807, 2.05) is 17.5 Å². The molecule has 0 fully saturated rings. The summed E-state index contributed by atoms with van der Waals surface area (Å²) < 4.78 is 3.13. The van der Waals surface area contributed by atoms with Gasteiger partial charge in [0.1, 0.15) is 0 Å². The van der Waals surface area contributed by atoms with Crippen molar-refractivity contribution in [2.45, 2.75) is 6.92 Å². The van der Waals surface area contributed by atoms with Crippen LogP contribution in [-0.2, 0) is 0 Å². The van der Waals surface area contributed by atoms with E-state index in [4.69, 9.17) is 5.73 Å². The zero-order chi connectivity index (χ0) is 9.42. The molecule has 0 spiro atoms. The van der Waals surface area contributed by atoms with Gasteiger partial charge in [-0.2, -0.15) is 0 Å². The fraction of sp³-hybridized carbons (Fsp3) is 0.250. The number of aryl methyl sites for hydroxylation is 1. The molecule has 0 aromatic carbocycles. The summed E-state index contributed by atoms with van der Waals surface area (Å²) in [5.74, 6) is 1.57. The van der Waals surface area contributed by atoms with Gasteiger partial charge in [-0.05, 0) is 0 Å². The molecule has 2 aromatic heterocycles. The molecule has 4 nitrogen and oxygen atoms in total. The molecular formula is C8H10IN4-. The van der Waals surface area contributed by atoms with Crippen LogP contribution in [0.5, 0.6) is 0 Å². The molecule has 0 atom stereocenters. The molecule has 13 heavy (non-hydrogen) atoms. The molecule has 0 radical (unpaired) electrons. The van der Waals surface area contributed by atoms with E-state index in [0.717, 1.165) is 15.0 Å². The molecule has 0 aliphatic heterocycles. The first-order valence-electron chi connectivity index (χ1n) is 3.82. The van der Waals surface area contributed by atoms with Crippen LogP contribution in [0.2, 0.25) is 0 Å². The van der Waals surface area contributed by atoms with Crippen molar-refractivity contribution < 1.29 is 21.2 Å². The average Bonchev–Trinajstić information content (AvgIpc) is 2.45. The molecule has 0 aliphatic rings. The first kappa shape index (κ1) is 8.74. The second kappa shape index (κ2) is 3.13. The summed E-state index contributed by atoms with van der Waals surface area (Å²) in [6.45, 7) is 1.98. The van der Waals surface area contributed by atoms with Gasteiger partial charge in [0.15, 0.2) is 0 Å². The molecule has 5 heteroatoms. The molecular weight excluding hydrogens is 279 g/mol. The van der Waals surface area contributed by atoms with Crippen LogP contribution in [0, 0.1) is 10.6 Å². The van der Waals surface area contributed by atoms with Crippen LogP contribution >= 0.6 is 0 Å². The van der Waals surface area contributed by atoms with Gasteiger partial charge in [0.05, 0.1) is 0 Å². The van der Waals surface area contributed by atoms with E-state index in [1.165, 1.54) is 0 Å². The van der Waals surface area contributed by atoms with Crippen molar-refractivity contribution in [1.82, 2.24) is 14.4 Å². The monoisotopic (exact) mass is 289 g/mol. The van der Waals surface area contributed by atoms with Crippen LogP contribution in [-0.4, -0.2) is 19.3 Å². The summed E-state index contributed by atoms with van der Waals surface area (Å²) in [7, 11) is 0. The quantitative estimate of drug-likeness (QED) is 0.467.